The van der Waals surface area contributed by atoms with E-state index >= 15 is 0 Å². The van der Waals surface area contributed by atoms with E-state index in [0.717, 1.165) is 3.97 Å². The van der Waals surface area contributed by atoms with Gasteiger partial charge in [0.2, 0.25) is 0 Å². The quantitative estimate of drug-likeness (QED) is 0.545. The summed E-state index contributed by atoms with van der Waals surface area (Å²) in [5.74, 6) is -0.540. The highest BCUT2D eigenvalue weighted by Crippen LogP contribution is 2.30. The van der Waals surface area contributed by atoms with Crippen LogP contribution in [0, 0.1) is 0 Å². The highest BCUT2D eigenvalue weighted by Gasteiger charge is 2.22. The van der Waals surface area contributed by atoms with Gasteiger partial charge in [0.05, 0.1) is 16.5 Å². The van der Waals surface area contributed by atoms with Gasteiger partial charge < -0.3 is 9.84 Å². The zero-order chi connectivity index (χ0) is 22.1. The van der Waals surface area contributed by atoms with Gasteiger partial charge in [-0.25, -0.2) is 12.4 Å². The number of hydrogen-bond acceptors (Lipinski definition) is 5. The van der Waals surface area contributed by atoms with Crippen molar-refractivity contribution in [3.8, 4) is 5.75 Å². The Morgan fingerprint density at radius 3 is 2.33 bits per heavy atom. The Balaban J connectivity index is 2.13. The van der Waals surface area contributed by atoms with Crippen molar-refractivity contribution < 1.29 is 27.9 Å². The number of nitrogens with zero attached hydrogens (tertiary/aromatic N) is 1. The Bertz CT molecular complexity index is 1210. The molecule has 1 aromatic heterocycles. The summed E-state index contributed by atoms with van der Waals surface area (Å²) in [5, 5.41) is 9.68. The number of carboxylic acid groups (broad SMARTS) is 1. The molecule has 0 aliphatic heterocycles. The van der Waals surface area contributed by atoms with Gasteiger partial charge in [0.25, 0.3) is 10.0 Å². The fraction of sp³-hybridized carbons (Fsp3) is 0.273. The second-order valence-corrected chi connectivity index (χ2v) is 9.09. The lowest BCUT2D eigenvalue weighted by atomic mass is 10.1. The number of ketones is 1. The molecule has 2 aromatic carbocycles. The average Bonchev–Trinajstić information content (AvgIpc) is 3.04. The average molecular weight is 429 g/mol. The zero-order valence-corrected chi connectivity index (χ0v) is 17.8. The van der Waals surface area contributed by atoms with Gasteiger partial charge in [-0.3, -0.25) is 9.59 Å². The van der Waals surface area contributed by atoms with Crippen LogP contribution in [0.5, 0.6) is 5.75 Å². The first-order chi connectivity index (χ1) is 14.1. The Morgan fingerprint density at radius 2 is 1.77 bits per heavy atom. The summed E-state index contributed by atoms with van der Waals surface area (Å²) in [7, 11) is -3.94. The molecule has 0 amide bonds. The number of benzene rings is 2. The van der Waals surface area contributed by atoms with E-state index in [-0.39, 0.29) is 29.6 Å². The molecule has 3 rings (SSSR count). The summed E-state index contributed by atoms with van der Waals surface area (Å²) in [6.07, 6.45) is 1.46. The summed E-state index contributed by atoms with van der Waals surface area (Å²) < 4.78 is 33.4. The van der Waals surface area contributed by atoms with Gasteiger partial charge in [0, 0.05) is 23.6 Å². The fourth-order valence-corrected chi connectivity index (χ4v) is 4.60. The normalized spacial score (nSPS) is 11.7. The molecule has 0 spiro atoms. The Labute approximate surface area is 175 Å². The molecular weight excluding hydrogens is 406 g/mol. The van der Waals surface area contributed by atoms with E-state index in [4.69, 9.17) is 9.84 Å². The molecule has 3 aromatic rings. The van der Waals surface area contributed by atoms with Crippen LogP contribution in [0.15, 0.2) is 53.6 Å². The molecule has 30 heavy (non-hydrogen) atoms. The van der Waals surface area contributed by atoms with Crippen LogP contribution in [0.4, 0.5) is 0 Å². The number of carboxylic acids is 1. The third kappa shape index (κ3) is 4.38. The smallest absolute Gasteiger partial charge is 0.303 e. The maximum absolute atomic E-state index is 13.3. The van der Waals surface area contributed by atoms with Crippen molar-refractivity contribution in [2.75, 3.05) is 0 Å². The summed E-state index contributed by atoms with van der Waals surface area (Å²) >= 11 is 0. The maximum Gasteiger partial charge on any atom is 0.303 e. The van der Waals surface area contributed by atoms with Crippen LogP contribution in [0.1, 0.15) is 43.1 Å². The lowest BCUT2D eigenvalue weighted by Crippen LogP contribution is -2.12. The Hall–Kier alpha value is -3.13. The first-order valence-electron chi connectivity index (χ1n) is 9.48. The molecule has 0 bridgehead atoms. The van der Waals surface area contributed by atoms with E-state index in [1.165, 1.54) is 37.4 Å². The van der Waals surface area contributed by atoms with E-state index in [1.54, 1.807) is 18.2 Å². The molecule has 0 radical (unpaired) electrons. The van der Waals surface area contributed by atoms with Gasteiger partial charge in [-0.1, -0.05) is 12.1 Å². The number of fused-ring (bicyclic) bond motifs is 1. The Morgan fingerprint density at radius 1 is 1.10 bits per heavy atom. The highest BCUT2D eigenvalue weighted by molar-refractivity contribution is 7.90. The SMILES string of the molecule is CC(=O)c1ccc(S(=O)(=O)n2cc(CCC(=O)O)c3cc(OC(C)C)ccc32)cc1. The predicted octanol–water partition coefficient (Wildman–Crippen LogP) is 3.89. The molecule has 0 aliphatic rings. The highest BCUT2D eigenvalue weighted by atomic mass is 32.2. The van der Waals surface area contributed by atoms with Crippen molar-refractivity contribution in [2.45, 2.75) is 44.6 Å². The van der Waals surface area contributed by atoms with Gasteiger partial charge in [0.15, 0.2) is 5.78 Å². The van der Waals surface area contributed by atoms with Gasteiger partial charge in [-0.15, -0.1) is 0 Å². The number of aromatic nitrogens is 1. The van der Waals surface area contributed by atoms with Crippen molar-refractivity contribution in [3.63, 3.8) is 0 Å². The lowest BCUT2D eigenvalue weighted by molar-refractivity contribution is -0.136. The van der Waals surface area contributed by atoms with Crippen molar-refractivity contribution in [1.82, 2.24) is 3.97 Å². The second-order valence-electron chi connectivity index (χ2n) is 7.28. The summed E-state index contributed by atoms with van der Waals surface area (Å²) in [5.41, 5.74) is 1.46. The molecule has 8 heteroatoms. The number of aryl methyl sites for hydroxylation is 1. The zero-order valence-electron chi connectivity index (χ0n) is 17.0. The van der Waals surface area contributed by atoms with Crippen LogP contribution in [-0.4, -0.2) is 35.4 Å². The van der Waals surface area contributed by atoms with Crippen molar-refractivity contribution >= 4 is 32.7 Å². The largest absolute Gasteiger partial charge is 0.491 e. The minimum atomic E-state index is -3.94. The minimum absolute atomic E-state index is 0.0386. The van der Waals surface area contributed by atoms with Crippen LogP contribution >= 0.6 is 0 Å². The maximum atomic E-state index is 13.3. The van der Waals surface area contributed by atoms with E-state index in [9.17, 15) is 18.0 Å². The lowest BCUT2D eigenvalue weighted by Gasteiger charge is -2.11. The van der Waals surface area contributed by atoms with Crippen LogP contribution in [-0.2, 0) is 21.2 Å². The molecule has 0 atom stereocenters. The first kappa shape index (κ1) is 21.6. The monoisotopic (exact) mass is 429 g/mol. The van der Waals surface area contributed by atoms with Crippen molar-refractivity contribution in [1.29, 1.82) is 0 Å². The number of ether oxygens (including phenoxy) is 1. The first-order valence-corrected chi connectivity index (χ1v) is 10.9. The molecule has 0 saturated carbocycles. The molecule has 158 valence electrons. The molecule has 7 nitrogen and oxygen atoms in total. The van der Waals surface area contributed by atoms with Crippen LogP contribution in [0.2, 0.25) is 0 Å². The van der Waals surface area contributed by atoms with E-state index in [0.29, 0.717) is 27.8 Å². The molecule has 0 saturated heterocycles. The second kappa shape index (κ2) is 8.31. The van der Waals surface area contributed by atoms with Gasteiger partial charge in [-0.05, 0) is 63.1 Å². The number of rotatable bonds is 8. The topological polar surface area (TPSA) is 103 Å². The predicted molar refractivity (Wildman–Crippen MR) is 113 cm³/mol. The van der Waals surface area contributed by atoms with E-state index in [2.05, 4.69) is 0 Å². The number of hydrogen-bond donors (Lipinski definition) is 1. The number of aliphatic carboxylic acids is 1. The van der Waals surface area contributed by atoms with Crippen molar-refractivity contribution in [2.24, 2.45) is 0 Å². The van der Waals surface area contributed by atoms with Crippen LogP contribution in [0.3, 0.4) is 0 Å². The van der Waals surface area contributed by atoms with Gasteiger partial charge in [-0.2, -0.15) is 0 Å². The molecular formula is C22H23NO6S. The fourth-order valence-electron chi connectivity index (χ4n) is 3.21. The third-order valence-corrected chi connectivity index (χ3v) is 6.31. The van der Waals surface area contributed by atoms with Crippen molar-refractivity contribution in [3.05, 3.63) is 59.8 Å². The third-order valence-electron chi connectivity index (χ3n) is 4.62. The number of carbonyl (C=O) groups is 2. The Kier molecular flexibility index (Phi) is 5.98. The molecule has 0 unspecified atom stereocenters. The minimum Gasteiger partial charge on any atom is -0.491 e. The van der Waals surface area contributed by atoms with E-state index in [1.807, 2.05) is 13.8 Å². The van der Waals surface area contributed by atoms with Crippen LogP contribution < -0.4 is 4.74 Å². The molecule has 0 aliphatic carbocycles. The standard InChI is InChI=1S/C22H23NO6S/c1-14(2)29-18-7-10-21-20(12-18)17(6-11-22(25)26)13-23(21)30(27,28)19-8-4-16(5-9-19)15(3)24/h4-5,7-10,12-14H,6,11H2,1-3H3,(H,25,26). The molecule has 1 N–H and O–H groups in total. The summed E-state index contributed by atoms with van der Waals surface area (Å²) in [6.45, 7) is 5.18. The van der Waals surface area contributed by atoms with Gasteiger partial charge >= 0.3 is 5.97 Å². The number of carbonyl (C=O) groups excluding carboxylic acids is 1. The van der Waals surface area contributed by atoms with Crippen LogP contribution in [0.25, 0.3) is 10.9 Å². The number of Topliss-reactive ketones (excluding diaryl/α,β-unsaturated/α-hetero) is 1. The van der Waals surface area contributed by atoms with E-state index < -0.39 is 16.0 Å². The summed E-state index contributed by atoms with van der Waals surface area (Å²) in [4.78, 5) is 22.6. The summed E-state index contributed by atoms with van der Waals surface area (Å²) in [6, 6.07) is 10.8. The molecule has 0 fully saturated rings. The molecule has 1 heterocycles. The van der Waals surface area contributed by atoms with Gasteiger partial charge in [0.1, 0.15) is 5.75 Å².